The Morgan fingerprint density at radius 1 is 1.42 bits per heavy atom. The Morgan fingerprint density at radius 3 is 2.71 bits per heavy atom. The van der Waals surface area contributed by atoms with Crippen molar-refractivity contribution in [2.24, 2.45) is 11.3 Å². The highest BCUT2D eigenvalue weighted by molar-refractivity contribution is 7.23. The lowest BCUT2D eigenvalue weighted by molar-refractivity contribution is -0.116. The number of hydrogen-bond donors (Lipinski definition) is 3. The molecule has 2 aromatic rings. The largest absolute Gasteiger partial charge is 0.353 e. The first-order chi connectivity index (χ1) is 11.2. The van der Waals surface area contributed by atoms with Gasteiger partial charge in [-0.05, 0) is 36.8 Å². The second kappa shape index (κ2) is 5.84. The molecule has 6 heteroatoms. The van der Waals surface area contributed by atoms with Gasteiger partial charge in [0.05, 0.1) is 26.6 Å². The van der Waals surface area contributed by atoms with Gasteiger partial charge in [0.1, 0.15) is 0 Å². The van der Waals surface area contributed by atoms with Gasteiger partial charge in [0.2, 0.25) is 5.91 Å². The fraction of sp³-hybridized carbons (Fsp3) is 0.500. The molecule has 0 aromatic carbocycles. The van der Waals surface area contributed by atoms with Gasteiger partial charge in [-0.15, -0.1) is 11.3 Å². The monoisotopic (exact) mass is 344 g/mol. The van der Waals surface area contributed by atoms with Crippen molar-refractivity contribution >= 4 is 43.9 Å². The first kappa shape index (κ1) is 16.9. The molecule has 3 rings (SSSR count). The number of anilines is 1. The summed E-state index contributed by atoms with van der Waals surface area (Å²) in [6, 6.07) is 3.93. The number of aromatic nitrogens is 1. The summed E-state index contributed by atoms with van der Waals surface area (Å²) < 4.78 is 1.04. The predicted molar refractivity (Wildman–Crippen MR) is 101 cm³/mol. The van der Waals surface area contributed by atoms with Crippen LogP contribution in [0.3, 0.4) is 0 Å². The molecule has 1 unspecified atom stereocenters. The lowest BCUT2D eigenvalue weighted by Gasteiger charge is -2.35. The van der Waals surface area contributed by atoms with E-state index in [0.717, 1.165) is 40.2 Å². The van der Waals surface area contributed by atoms with Gasteiger partial charge in [0.15, 0.2) is 0 Å². The third kappa shape index (κ3) is 3.02. The van der Waals surface area contributed by atoms with Crippen molar-refractivity contribution in [1.82, 2.24) is 4.98 Å². The highest BCUT2D eigenvalue weighted by Gasteiger charge is 2.34. The first-order valence-electron chi connectivity index (χ1n) is 8.21. The zero-order valence-electron chi connectivity index (χ0n) is 14.6. The maximum Gasteiger partial charge on any atom is 0.224 e. The molecule has 1 atom stereocenters. The highest BCUT2D eigenvalue weighted by Crippen LogP contribution is 2.38. The predicted octanol–water partition coefficient (Wildman–Crippen LogP) is 4.43. The van der Waals surface area contributed by atoms with Crippen molar-refractivity contribution in [2.75, 3.05) is 11.9 Å². The van der Waals surface area contributed by atoms with Gasteiger partial charge in [0, 0.05) is 25.6 Å². The Kier molecular flexibility index (Phi) is 4.11. The van der Waals surface area contributed by atoms with Crippen molar-refractivity contribution in [1.29, 1.82) is 10.8 Å². The Morgan fingerprint density at radius 2 is 2.12 bits per heavy atom. The molecule has 0 saturated heterocycles. The highest BCUT2D eigenvalue weighted by atomic mass is 32.1. The maximum atomic E-state index is 11.5. The van der Waals surface area contributed by atoms with Gasteiger partial charge >= 0.3 is 0 Å². The van der Waals surface area contributed by atoms with Gasteiger partial charge in [-0.1, -0.05) is 13.8 Å². The molecule has 1 saturated carbocycles. The van der Waals surface area contributed by atoms with E-state index in [1.54, 1.807) is 30.2 Å². The van der Waals surface area contributed by atoms with Crippen LogP contribution < -0.4 is 4.90 Å². The number of thiophene rings is 1. The molecule has 0 radical (unpaired) electrons. The summed E-state index contributed by atoms with van der Waals surface area (Å²) in [6.07, 6.45) is 2.68. The van der Waals surface area contributed by atoms with Crippen LogP contribution in [-0.4, -0.2) is 29.4 Å². The molecule has 5 nitrogen and oxygen atoms in total. The smallest absolute Gasteiger partial charge is 0.224 e. The van der Waals surface area contributed by atoms with Crippen LogP contribution in [0.1, 0.15) is 45.7 Å². The Balaban J connectivity index is 1.82. The van der Waals surface area contributed by atoms with Gasteiger partial charge < -0.3 is 20.7 Å². The molecule has 1 fully saturated rings. The minimum absolute atomic E-state index is 0.00476. The Hall–Kier alpha value is -1.95. The summed E-state index contributed by atoms with van der Waals surface area (Å²) in [6.45, 7) is 5.93. The minimum atomic E-state index is -0.0786. The third-order valence-electron chi connectivity index (χ3n) is 4.93. The van der Waals surface area contributed by atoms with E-state index in [-0.39, 0.29) is 17.2 Å². The van der Waals surface area contributed by atoms with Crippen LogP contribution in [0.4, 0.5) is 5.00 Å². The summed E-state index contributed by atoms with van der Waals surface area (Å²) in [7, 11) is 1.76. The fourth-order valence-corrected chi connectivity index (χ4v) is 4.38. The van der Waals surface area contributed by atoms with Crippen LogP contribution in [-0.2, 0) is 4.79 Å². The van der Waals surface area contributed by atoms with Crippen LogP contribution in [0.5, 0.6) is 0 Å². The lowest BCUT2D eigenvalue weighted by atomic mass is 9.70. The number of hydrogen-bond acceptors (Lipinski definition) is 4. The topological polar surface area (TPSA) is 83.8 Å². The SMILES string of the molecule is CC(=O)N(C)c1cc2[nH]c(C(=N)C3CCC(C)(C)CC3=N)cc2s1. The average Bonchev–Trinajstić information content (AvgIpc) is 3.03. The number of rotatable bonds is 3. The number of aromatic amines is 1. The molecule has 0 spiro atoms. The van der Waals surface area contributed by atoms with Gasteiger partial charge in [-0.3, -0.25) is 4.79 Å². The summed E-state index contributed by atoms with van der Waals surface area (Å²) in [5.41, 5.74) is 3.11. The van der Waals surface area contributed by atoms with E-state index in [2.05, 4.69) is 18.8 Å². The van der Waals surface area contributed by atoms with E-state index < -0.39 is 0 Å². The van der Waals surface area contributed by atoms with Crippen molar-refractivity contribution < 1.29 is 4.79 Å². The van der Waals surface area contributed by atoms with Crippen LogP contribution in [0.25, 0.3) is 10.2 Å². The van der Waals surface area contributed by atoms with Crippen LogP contribution in [0, 0.1) is 22.2 Å². The summed E-state index contributed by atoms with van der Waals surface area (Å²) in [4.78, 5) is 16.4. The average molecular weight is 344 g/mol. The second-order valence-corrected chi connectivity index (χ2v) is 8.56. The molecule has 1 amide bonds. The molecule has 128 valence electrons. The number of fused-ring (bicyclic) bond motifs is 1. The molecule has 0 aliphatic heterocycles. The number of carbonyl (C=O) groups excluding carboxylic acids is 1. The van der Waals surface area contributed by atoms with E-state index >= 15 is 0 Å². The summed E-state index contributed by atoms with van der Waals surface area (Å²) in [5, 5.41) is 17.7. The van der Waals surface area contributed by atoms with Crippen LogP contribution in [0.2, 0.25) is 0 Å². The molecule has 1 aliphatic carbocycles. The number of nitrogens with one attached hydrogen (secondary N) is 3. The number of nitrogens with zero attached hydrogens (tertiary/aromatic N) is 1. The maximum absolute atomic E-state index is 11.5. The zero-order chi connectivity index (χ0) is 17.6. The lowest BCUT2D eigenvalue weighted by Crippen LogP contribution is -2.34. The van der Waals surface area contributed by atoms with E-state index in [4.69, 9.17) is 10.8 Å². The quantitative estimate of drug-likeness (QED) is 0.707. The molecule has 1 aliphatic rings. The fourth-order valence-electron chi connectivity index (χ4n) is 3.32. The third-order valence-corrected chi connectivity index (χ3v) is 6.09. The molecule has 3 N–H and O–H groups in total. The van der Waals surface area contributed by atoms with E-state index in [9.17, 15) is 4.79 Å². The van der Waals surface area contributed by atoms with Crippen molar-refractivity contribution in [3.63, 3.8) is 0 Å². The number of amides is 1. The summed E-state index contributed by atoms with van der Waals surface area (Å²) in [5.74, 6) is -0.0738. The van der Waals surface area contributed by atoms with Crippen molar-refractivity contribution in [3.8, 4) is 0 Å². The first-order valence-corrected chi connectivity index (χ1v) is 9.02. The molecular formula is C18H24N4OS. The Labute approximate surface area is 146 Å². The van der Waals surface area contributed by atoms with E-state index in [1.165, 1.54) is 0 Å². The number of carbonyl (C=O) groups is 1. The van der Waals surface area contributed by atoms with Gasteiger partial charge in [-0.2, -0.15) is 0 Å². The normalized spacial score (nSPS) is 20.3. The molecule has 0 bridgehead atoms. The molecular weight excluding hydrogens is 320 g/mol. The standard InChI is InChI=1S/C18H24N4OS/c1-10(23)22(4)16-8-13-15(24-16)7-14(21-13)17(20)11-5-6-18(2,3)9-12(11)19/h7-8,11,19-21H,5-6,9H2,1-4H3. The van der Waals surface area contributed by atoms with Crippen molar-refractivity contribution in [2.45, 2.75) is 40.0 Å². The van der Waals surface area contributed by atoms with E-state index in [0.29, 0.717) is 11.4 Å². The number of H-pyrrole nitrogens is 1. The molecule has 2 aromatic heterocycles. The van der Waals surface area contributed by atoms with Crippen LogP contribution in [0.15, 0.2) is 12.1 Å². The van der Waals surface area contributed by atoms with Crippen molar-refractivity contribution in [3.05, 3.63) is 17.8 Å². The second-order valence-electron chi connectivity index (χ2n) is 7.49. The van der Waals surface area contributed by atoms with Gasteiger partial charge in [0.25, 0.3) is 0 Å². The van der Waals surface area contributed by atoms with Gasteiger partial charge in [-0.25, -0.2) is 0 Å². The minimum Gasteiger partial charge on any atom is -0.353 e. The molecule has 24 heavy (non-hydrogen) atoms. The zero-order valence-corrected chi connectivity index (χ0v) is 15.4. The van der Waals surface area contributed by atoms with Crippen LogP contribution >= 0.6 is 11.3 Å². The summed E-state index contributed by atoms with van der Waals surface area (Å²) >= 11 is 1.54. The Bertz CT molecular complexity index is 798. The van der Waals surface area contributed by atoms with E-state index in [1.807, 2.05) is 12.1 Å². The molecule has 2 heterocycles.